The van der Waals surface area contributed by atoms with Gasteiger partial charge in [0.05, 0.1) is 16.5 Å². The van der Waals surface area contributed by atoms with Crippen molar-refractivity contribution in [3.05, 3.63) is 16.0 Å². The average Bonchev–Trinajstić information content (AvgIpc) is 3.22. The lowest BCUT2D eigenvalue weighted by Crippen LogP contribution is -2.75. The van der Waals surface area contributed by atoms with E-state index >= 15 is 0 Å². The summed E-state index contributed by atoms with van der Waals surface area (Å²) in [5.41, 5.74) is -1.53. The fourth-order valence-electron chi connectivity index (χ4n) is 3.47. The molecule has 0 radical (unpaired) electrons. The van der Waals surface area contributed by atoms with Crippen LogP contribution in [0.1, 0.15) is 53.3 Å². The van der Waals surface area contributed by atoms with Gasteiger partial charge in [-0.25, -0.2) is 4.79 Å². The zero-order valence-electron chi connectivity index (χ0n) is 23.9. The Morgan fingerprint density at radius 3 is 1.49 bits per heavy atom. The average molecular weight is 761 g/mol. The van der Waals surface area contributed by atoms with Crippen LogP contribution in [0, 0.1) is 6.92 Å². The number of nitrogens with one attached hydrogen (secondary N) is 1. The van der Waals surface area contributed by atoms with Crippen molar-refractivity contribution < 1.29 is 89.4 Å². The molecule has 0 fully saturated rings. The number of carbonyl (C=O) groups excluding carboxylic acids is 3. The van der Waals surface area contributed by atoms with Crippen LogP contribution < -0.4 is 5.32 Å². The third-order valence-electron chi connectivity index (χ3n) is 6.17. The fraction of sp³-hybridized carbons (Fsp3) is 0.696. The molecular weight excluding hydrogens is 740 g/mol. The van der Waals surface area contributed by atoms with Crippen LogP contribution in [-0.2, 0) is 9.53 Å². The van der Waals surface area contributed by atoms with Crippen LogP contribution in [0.3, 0.4) is 0 Å². The maximum atomic E-state index is 14.6. The lowest BCUT2D eigenvalue weighted by Gasteiger charge is -2.42. The number of anilines is 1. The number of hydrogen-bond acceptors (Lipinski definition) is 5. The summed E-state index contributed by atoms with van der Waals surface area (Å²) in [5.74, 6) is -64.4. The van der Waals surface area contributed by atoms with E-state index in [4.69, 9.17) is 4.74 Å². The second kappa shape index (κ2) is 13.0. The monoisotopic (exact) mass is 760 g/mol. The molecule has 1 aromatic rings. The minimum atomic E-state index is -8.77. The minimum absolute atomic E-state index is 0.0358. The van der Waals surface area contributed by atoms with Crippen molar-refractivity contribution >= 4 is 45.7 Å². The van der Waals surface area contributed by atoms with Crippen molar-refractivity contribution in [1.82, 2.24) is 4.90 Å². The second-order valence-corrected chi connectivity index (χ2v) is 11.2. The van der Waals surface area contributed by atoms with E-state index in [2.05, 4.69) is 11.6 Å². The number of thiophene rings is 1. The molecule has 0 saturated heterocycles. The Morgan fingerprint density at radius 2 is 1.13 bits per heavy atom. The first-order valence-electron chi connectivity index (χ1n) is 12.3. The van der Waals surface area contributed by atoms with E-state index in [9.17, 15) is 84.6 Å². The van der Waals surface area contributed by atoms with Crippen molar-refractivity contribution in [2.75, 3.05) is 18.4 Å². The second-order valence-electron chi connectivity index (χ2n) is 9.66. The summed E-state index contributed by atoms with van der Waals surface area (Å²) >= 11 is 3.35. The highest BCUT2D eigenvalue weighted by Gasteiger charge is 2.95. The summed E-state index contributed by atoms with van der Waals surface area (Å²) in [6, 6.07) is 0. The normalized spacial score (nSPS) is 14.4. The van der Waals surface area contributed by atoms with E-state index in [0.717, 1.165) is 17.1 Å². The molecule has 0 aliphatic rings. The van der Waals surface area contributed by atoms with Crippen LogP contribution >= 0.6 is 22.9 Å². The van der Waals surface area contributed by atoms with Crippen molar-refractivity contribution in [1.29, 1.82) is 0 Å². The standard InChI is InChI=1S/C23H21ClF16N2O4S/c1-6-42(7-2)13(43)11-9(5)10(14(44)46-8(3)4)12(47-11)41-15(45)16(25,26)17(27,28)18(29,30)19(31,32)20(33,34)21(35,36)22(37,38)23(24,39)40/h8H,6-7H2,1-5H3,(H,41,45). The van der Waals surface area contributed by atoms with Gasteiger partial charge in [0.1, 0.15) is 5.00 Å². The van der Waals surface area contributed by atoms with Crippen LogP contribution in [0.15, 0.2) is 0 Å². The molecule has 1 N–H and O–H groups in total. The zero-order chi connectivity index (χ0) is 37.7. The topological polar surface area (TPSA) is 75.7 Å². The molecule has 1 aromatic heterocycles. The summed E-state index contributed by atoms with van der Waals surface area (Å²) in [6.45, 7) is 6.14. The Kier molecular flexibility index (Phi) is 11.7. The van der Waals surface area contributed by atoms with Gasteiger partial charge in [-0.05, 0) is 51.8 Å². The molecule has 272 valence electrons. The van der Waals surface area contributed by atoms with Crippen molar-refractivity contribution in [3.8, 4) is 0 Å². The van der Waals surface area contributed by atoms with Crippen molar-refractivity contribution in [2.24, 2.45) is 0 Å². The van der Waals surface area contributed by atoms with Crippen LogP contribution in [-0.4, -0.2) is 88.7 Å². The van der Waals surface area contributed by atoms with Gasteiger partial charge in [-0.3, -0.25) is 9.59 Å². The van der Waals surface area contributed by atoms with E-state index in [0.29, 0.717) is 0 Å². The molecule has 2 amide bonds. The minimum Gasteiger partial charge on any atom is -0.459 e. The molecule has 0 aliphatic heterocycles. The molecule has 0 atom stereocenters. The number of amides is 2. The molecule has 6 nitrogen and oxygen atoms in total. The summed E-state index contributed by atoms with van der Waals surface area (Å²) in [6.07, 6.45) is -1.04. The van der Waals surface area contributed by atoms with Gasteiger partial charge in [-0.15, -0.1) is 11.3 Å². The zero-order valence-corrected chi connectivity index (χ0v) is 25.5. The molecule has 1 rings (SSSR count). The summed E-state index contributed by atoms with van der Waals surface area (Å²) < 4.78 is 226. The predicted octanol–water partition coefficient (Wildman–Crippen LogP) is 8.32. The molecule has 24 heteroatoms. The molecule has 0 spiro atoms. The maximum Gasteiger partial charge on any atom is 0.393 e. The number of ether oxygens (including phenoxy) is 1. The van der Waals surface area contributed by atoms with E-state index in [1.54, 1.807) is 0 Å². The van der Waals surface area contributed by atoms with Crippen molar-refractivity contribution in [3.63, 3.8) is 0 Å². The Bertz CT molecular complexity index is 1360. The number of rotatable bonds is 14. The van der Waals surface area contributed by atoms with Gasteiger partial charge in [0, 0.05) is 13.1 Å². The Morgan fingerprint density at radius 1 is 0.745 bits per heavy atom. The molecular formula is C23H21ClF16N2O4S. The van der Waals surface area contributed by atoms with Gasteiger partial charge in [0.15, 0.2) is 0 Å². The summed E-state index contributed by atoms with van der Waals surface area (Å²) in [7, 11) is 0. The van der Waals surface area contributed by atoms with Crippen LogP contribution in [0.2, 0.25) is 0 Å². The highest BCUT2D eigenvalue weighted by atomic mass is 35.5. The van der Waals surface area contributed by atoms with Gasteiger partial charge in [0.2, 0.25) is 0 Å². The molecule has 1 heterocycles. The van der Waals surface area contributed by atoms with Crippen LogP contribution in [0.5, 0.6) is 0 Å². The van der Waals surface area contributed by atoms with Gasteiger partial charge in [-0.2, -0.15) is 70.2 Å². The van der Waals surface area contributed by atoms with Gasteiger partial charge < -0.3 is 15.0 Å². The van der Waals surface area contributed by atoms with E-state index in [1.165, 1.54) is 27.7 Å². The predicted molar refractivity (Wildman–Crippen MR) is 131 cm³/mol. The number of halogens is 17. The van der Waals surface area contributed by atoms with Crippen LogP contribution in [0.25, 0.3) is 0 Å². The largest absolute Gasteiger partial charge is 0.459 e. The maximum absolute atomic E-state index is 14.6. The first-order valence-corrected chi connectivity index (χ1v) is 13.5. The van der Waals surface area contributed by atoms with E-state index in [-0.39, 0.29) is 24.4 Å². The lowest BCUT2D eigenvalue weighted by atomic mass is 9.89. The third-order valence-corrected chi connectivity index (χ3v) is 7.61. The number of hydrogen-bond donors (Lipinski definition) is 1. The smallest absolute Gasteiger partial charge is 0.393 e. The van der Waals surface area contributed by atoms with E-state index < -0.39 is 91.7 Å². The summed E-state index contributed by atoms with van der Waals surface area (Å²) in [5, 5.41) is -7.51. The highest BCUT2D eigenvalue weighted by molar-refractivity contribution is 7.18. The molecule has 0 bridgehead atoms. The first kappa shape index (κ1) is 42.3. The molecule has 0 unspecified atom stereocenters. The molecule has 47 heavy (non-hydrogen) atoms. The fourth-order valence-corrected chi connectivity index (χ4v) is 4.74. The highest BCUT2D eigenvalue weighted by Crippen LogP contribution is 2.64. The third kappa shape index (κ3) is 6.53. The molecule has 0 aromatic carbocycles. The lowest BCUT2D eigenvalue weighted by molar-refractivity contribution is -0.445. The Hall–Kier alpha value is -2.72. The summed E-state index contributed by atoms with van der Waals surface area (Å²) in [4.78, 5) is 38.1. The number of carbonyl (C=O) groups is 3. The van der Waals surface area contributed by atoms with Gasteiger partial charge >= 0.3 is 58.7 Å². The first-order chi connectivity index (χ1) is 20.7. The number of esters is 1. The molecule has 0 aliphatic carbocycles. The Balaban J connectivity index is 3.81. The number of nitrogens with zero attached hydrogens (tertiary/aromatic N) is 1. The van der Waals surface area contributed by atoms with Gasteiger partial charge in [-0.1, -0.05) is 0 Å². The quantitative estimate of drug-likeness (QED) is 0.118. The Labute approximate surface area is 262 Å². The van der Waals surface area contributed by atoms with Gasteiger partial charge in [0.25, 0.3) is 5.91 Å². The SMILES string of the molecule is CCN(CC)C(=O)c1sc(NC(=O)C(F)(F)C(F)(F)C(F)(F)C(F)(F)C(F)(F)C(F)(F)C(F)(F)C(F)(F)Cl)c(C(=O)OC(C)C)c1C. The van der Waals surface area contributed by atoms with Crippen LogP contribution in [0.4, 0.5) is 75.2 Å². The van der Waals surface area contributed by atoms with E-state index in [1.807, 2.05) is 0 Å². The van der Waals surface area contributed by atoms with Crippen molar-refractivity contribution in [2.45, 2.75) is 87.6 Å². The number of alkyl halides is 17. The molecule has 0 saturated carbocycles.